The third-order valence-corrected chi connectivity index (χ3v) is 5.56. The topological polar surface area (TPSA) is 187 Å². The Balaban J connectivity index is 2.51. The van der Waals surface area contributed by atoms with E-state index in [0.29, 0.717) is 37.3 Å². The summed E-state index contributed by atoms with van der Waals surface area (Å²) >= 11 is 0. The van der Waals surface area contributed by atoms with E-state index in [4.69, 9.17) is 21.9 Å². The number of nitrogens with one attached hydrogen (secondary N) is 2. The number of rotatable bonds is 17. The standard InChI is InChI=1S/C28H47N7O4/c1-20(30)34-35-26(31)22-15-13-21(14-16-22)19-24(36)33-23(11-8-9-17-29)27(38)32-18-10-6-5-7-12-25(37)39-28(2,3)4/h13-16,23H,5-12,17-19,29H2,1-4H3,(H2,30,34)(H2,31,35)(H,32,38)(H,33,36). The van der Waals surface area contributed by atoms with Crippen molar-refractivity contribution in [3.05, 3.63) is 35.4 Å². The van der Waals surface area contributed by atoms with Crippen LogP contribution in [0.4, 0.5) is 0 Å². The molecule has 8 N–H and O–H groups in total. The van der Waals surface area contributed by atoms with Crippen LogP contribution < -0.4 is 27.8 Å². The Hall–Kier alpha value is -3.47. The molecule has 0 aromatic heterocycles. The minimum Gasteiger partial charge on any atom is -0.460 e. The molecule has 0 bridgehead atoms. The molecule has 2 amide bonds. The van der Waals surface area contributed by atoms with Gasteiger partial charge in [0.25, 0.3) is 0 Å². The molecule has 0 saturated carbocycles. The zero-order valence-corrected chi connectivity index (χ0v) is 23.9. The van der Waals surface area contributed by atoms with Crippen molar-refractivity contribution in [2.24, 2.45) is 27.4 Å². The van der Waals surface area contributed by atoms with E-state index < -0.39 is 11.6 Å². The molecule has 218 valence electrons. The third kappa shape index (κ3) is 16.2. The van der Waals surface area contributed by atoms with E-state index in [1.54, 1.807) is 31.2 Å². The zero-order chi connectivity index (χ0) is 29.3. The monoisotopic (exact) mass is 545 g/mol. The van der Waals surface area contributed by atoms with Gasteiger partial charge in [0.15, 0.2) is 5.84 Å². The van der Waals surface area contributed by atoms with Gasteiger partial charge in [0, 0.05) is 18.5 Å². The number of nitrogens with two attached hydrogens (primary N) is 3. The summed E-state index contributed by atoms with van der Waals surface area (Å²) in [5, 5.41) is 13.4. The molecule has 11 heteroatoms. The maximum Gasteiger partial charge on any atom is 0.306 e. The number of hydrogen-bond acceptors (Lipinski definition) is 7. The highest BCUT2D eigenvalue weighted by Gasteiger charge is 2.20. The number of amidine groups is 2. The van der Waals surface area contributed by atoms with E-state index >= 15 is 0 Å². The van der Waals surface area contributed by atoms with Gasteiger partial charge in [-0.05, 0) is 71.9 Å². The van der Waals surface area contributed by atoms with Crippen molar-refractivity contribution in [2.75, 3.05) is 13.1 Å². The van der Waals surface area contributed by atoms with E-state index in [1.807, 2.05) is 20.8 Å². The first-order valence-corrected chi connectivity index (χ1v) is 13.6. The molecule has 11 nitrogen and oxygen atoms in total. The molecular weight excluding hydrogens is 498 g/mol. The van der Waals surface area contributed by atoms with Crippen molar-refractivity contribution >= 4 is 29.5 Å². The Morgan fingerprint density at radius 3 is 2.23 bits per heavy atom. The second kappa shape index (κ2) is 17.9. The maximum atomic E-state index is 12.8. The second-order valence-electron chi connectivity index (χ2n) is 10.5. The smallest absolute Gasteiger partial charge is 0.306 e. The molecule has 0 aliphatic heterocycles. The Morgan fingerprint density at radius 1 is 0.949 bits per heavy atom. The van der Waals surface area contributed by atoms with Crippen LogP contribution in [0.3, 0.4) is 0 Å². The van der Waals surface area contributed by atoms with E-state index in [9.17, 15) is 14.4 Å². The molecule has 1 atom stereocenters. The summed E-state index contributed by atoms with van der Waals surface area (Å²) < 4.78 is 5.31. The molecule has 0 aliphatic carbocycles. The molecule has 1 aromatic rings. The van der Waals surface area contributed by atoms with Gasteiger partial charge in [-0.1, -0.05) is 37.1 Å². The number of carbonyl (C=O) groups is 3. The summed E-state index contributed by atoms with van der Waals surface area (Å²) in [7, 11) is 0. The lowest BCUT2D eigenvalue weighted by molar-refractivity contribution is -0.154. The van der Waals surface area contributed by atoms with Gasteiger partial charge in [0.1, 0.15) is 17.5 Å². The van der Waals surface area contributed by atoms with Crippen molar-refractivity contribution < 1.29 is 19.1 Å². The number of benzene rings is 1. The normalized spacial score (nSPS) is 13.1. The fraction of sp³-hybridized carbons (Fsp3) is 0.607. The van der Waals surface area contributed by atoms with Gasteiger partial charge in [0.05, 0.1) is 6.42 Å². The molecule has 39 heavy (non-hydrogen) atoms. The Bertz CT molecular complexity index is 965. The van der Waals surface area contributed by atoms with Gasteiger partial charge in [-0.15, -0.1) is 10.2 Å². The lowest BCUT2D eigenvalue weighted by Crippen LogP contribution is -2.47. The average Bonchev–Trinajstić information content (AvgIpc) is 2.85. The first-order valence-electron chi connectivity index (χ1n) is 13.6. The van der Waals surface area contributed by atoms with Crippen molar-refractivity contribution in [2.45, 2.75) is 97.1 Å². The van der Waals surface area contributed by atoms with Crippen LogP contribution in [0.2, 0.25) is 0 Å². The number of carbonyl (C=O) groups excluding carboxylic acids is 3. The van der Waals surface area contributed by atoms with Crippen molar-refractivity contribution in [3.8, 4) is 0 Å². The minimum absolute atomic E-state index is 0.121. The number of hydrogen-bond donors (Lipinski definition) is 5. The number of ether oxygens (including phenoxy) is 1. The van der Waals surface area contributed by atoms with Crippen LogP contribution in [0, 0.1) is 0 Å². The van der Waals surface area contributed by atoms with Crippen LogP contribution in [-0.4, -0.2) is 54.2 Å². The van der Waals surface area contributed by atoms with Crippen LogP contribution in [0.5, 0.6) is 0 Å². The van der Waals surface area contributed by atoms with E-state index in [2.05, 4.69) is 20.8 Å². The summed E-state index contributed by atoms with van der Waals surface area (Å²) in [6.07, 6.45) is 5.84. The van der Waals surface area contributed by atoms with E-state index in [-0.39, 0.29) is 30.0 Å². The molecule has 1 rings (SSSR count). The Morgan fingerprint density at radius 2 is 1.62 bits per heavy atom. The van der Waals surface area contributed by atoms with Gasteiger partial charge in [0.2, 0.25) is 11.8 Å². The fourth-order valence-corrected chi connectivity index (χ4v) is 3.65. The average molecular weight is 546 g/mol. The molecule has 0 saturated heterocycles. The number of amides is 2. The minimum atomic E-state index is -0.629. The summed E-state index contributed by atoms with van der Waals surface area (Å²) in [5.74, 6) is -0.123. The summed E-state index contributed by atoms with van der Waals surface area (Å²) in [6.45, 7) is 8.20. The molecule has 1 unspecified atom stereocenters. The predicted molar refractivity (Wildman–Crippen MR) is 155 cm³/mol. The first-order chi connectivity index (χ1) is 18.4. The lowest BCUT2D eigenvalue weighted by atomic mass is 10.1. The summed E-state index contributed by atoms with van der Waals surface area (Å²) in [5.41, 5.74) is 17.9. The lowest BCUT2D eigenvalue weighted by Gasteiger charge is -2.19. The Kier molecular flexibility index (Phi) is 15.4. The van der Waals surface area contributed by atoms with Crippen LogP contribution in [0.25, 0.3) is 0 Å². The highest BCUT2D eigenvalue weighted by molar-refractivity contribution is 5.98. The van der Waals surface area contributed by atoms with Gasteiger partial charge >= 0.3 is 5.97 Å². The molecule has 0 heterocycles. The number of esters is 1. The zero-order valence-electron chi connectivity index (χ0n) is 23.9. The summed E-state index contributed by atoms with van der Waals surface area (Å²) in [6, 6.07) is 6.44. The molecule has 0 fully saturated rings. The van der Waals surface area contributed by atoms with Gasteiger partial charge in [-0.3, -0.25) is 14.4 Å². The number of nitrogens with zero attached hydrogens (tertiary/aromatic N) is 2. The predicted octanol–water partition coefficient (Wildman–Crippen LogP) is 2.25. The first kappa shape index (κ1) is 33.6. The van der Waals surface area contributed by atoms with Crippen LogP contribution >= 0.6 is 0 Å². The Labute approximate surface area is 232 Å². The van der Waals surface area contributed by atoms with Crippen LogP contribution in [-0.2, 0) is 25.5 Å². The SMILES string of the molecule is C/C(N)=N/N=C(\N)c1ccc(CC(=O)NC(CCCCN)C(=O)NCCCCCCC(=O)OC(C)(C)C)cc1. The molecular formula is C28H47N7O4. The van der Waals surface area contributed by atoms with Crippen LogP contribution in [0.1, 0.15) is 90.2 Å². The van der Waals surface area contributed by atoms with E-state index in [0.717, 1.165) is 44.1 Å². The fourth-order valence-electron chi connectivity index (χ4n) is 3.65. The van der Waals surface area contributed by atoms with Crippen LogP contribution in [0.15, 0.2) is 34.5 Å². The summed E-state index contributed by atoms with van der Waals surface area (Å²) in [4.78, 5) is 37.3. The van der Waals surface area contributed by atoms with Gasteiger partial charge < -0.3 is 32.6 Å². The quantitative estimate of drug-likeness (QED) is 0.0652. The van der Waals surface area contributed by atoms with Gasteiger partial charge in [-0.2, -0.15) is 0 Å². The van der Waals surface area contributed by atoms with Crippen molar-refractivity contribution in [1.29, 1.82) is 0 Å². The molecule has 0 spiro atoms. The second-order valence-corrected chi connectivity index (χ2v) is 10.5. The molecule has 0 radical (unpaired) electrons. The van der Waals surface area contributed by atoms with Crippen molar-refractivity contribution in [3.63, 3.8) is 0 Å². The molecule has 1 aromatic carbocycles. The largest absolute Gasteiger partial charge is 0.460 e. The highest BCUT2D eigenvalue weighted by Crippen LogP contribution is 2.11. The number of unbranched alkanes of at least 4 members (excludes halogenated alkanes) is 4. The third-order valence-electron chi connectivity index (χ3n) is 5.56. The molecule has 0 aliphatic rings. The van der Waals surface area contributed by atoms with Crippen molar-refractivity contribution in [1.82, 2.24) is 10.6 Å². The van der Waals surface area contributed by atoms with E-state index in [1.165, 1.54) is 0 Å². The maximum absolute atomic E-state index is 12.8. The van der Waals surface area contributed by atoms with Gasteiger partial charge in [-0.25, -0.2) is 0 Å². The highest BCUT2D eigenvalue weighted by atomic mass is 16.6.